The lowest BCUT2D eigenvalue weighted by Crippen LogP contribution is -2.18. The largest absolute Gasteiger partial charge is 0.497 e. The molecular formula is C11H16INO2. The molecule has 84 valence electrons. The van der Waals surface area contributed by atoms with E-state index in [0.717, 1.165) is 23.5 Å². The minimum absolute atomic E-state index is 0.409. The minimum atomic E-state index is 0.409. The molecule has 1 rings (SSSR count). The Morgan fingerprint density at radius 1 is 1.33 bits per heavy atom. The first-order valence-electron chi connectivity index (χ1n) is 4.78. The molecule has 1 N–H and O–H groups in total. The second kappa shape index (κ2) is 6.17. The molecule has 0 spiro atoms. The lowest BCUT2D eigenvalue weighted by atomic mass is 10.1. The van der Waals surface area contributed by atoms with Gasteiger partial charge in [0.05, 0.1) is 14.2 Å². The van der Waals surface area contributed by atoms with E-state index in [9.17, 15) is 0 Å². The SMILES string of the molecule is COc1ccc(OC)c(CC(C)NI)c1. The Morgan fingerprint density at radius 2 is 2.07 bits per heavy atom. The number of hydrogen-bond donors (Lipinski definition) is 1. The van der Waals surface area contributed by atoms with Gasteiger partial charge in [0.2, 0.25) is 0 Å². The van der Waals surface area contributed by atoms with Crippen LogP contribution in [0.3, 0.4) is 0 Å². The standard InChI is InChI=1S/C11H16INO2/c1-8(13-12)6-9-7-10(14-2)4-5-11(9)15-3/h4-5,7-8,13H,6H2,1-3H3. The third-order valence-electron chi connectivity index (χ3n) is 2.20. The van der Waals surface area contributed by atoms with Crippen molar-refractivity contribution in [3.8, 4) is 11.5 Å². The van der Waals surface area contributed by atoms with Crippen LogP contribution < -0.4 is 13.0 Å². The van der Waals surface area contributed by atoms with Gasteiger partial charge in [-0.05, 0) is 37.1 Å². The molecule has 1 unspecified atom stereocenters. The van der Waals surface area contributed by atoms with Gasteiger partial charge in [0.1, 0.15) is 11.5 Å². The van der Waals surface area contributed by atoms with E-state index in [4.69, 9.17) is 9.47 Å². The van der Waals surface area contributed by atoms with Crippen LogP contribution in [0.4, 0.5) is 0 Å². The highest BCUT2D eigenvalue weighted by Gasteiger charge is 2.08. The smallest absolute Gasteiger partial charge is 0.122 e. The Balaban J connectivity index is 2.90. The summed E-state index contributed by atoms with van der Waals surface area (Å²) in [5.41, 5.74) is 1.16. The Kier molecular flexibility index (Phi) is 5.17. The van der Waals surface area contributed by atoms with E-state index in [1.165, 1.54) is 0 Å². The van der Waals surface area contributed by atoms with E-state index >= 15 is 0 Å². The van der Waals surface area contributed by atoms with Crippen LogP contribution in [0.5, 0.6) is 11.5 Å². The van der Waals surface area contributed by atoms with Crippen LogP contribution in [-0.4, -0.2) is 20.3 Å². The van der Waals surface area contributed by atoms with Gasteiger partial charge in [-0.1, -0.05) is 0 Å². The summed E-state index contributed by atoms with van der Waals surface area (Å²) in [6.07, 6.45) is 0.920. The fourth-order valence-corrected chi connectivity index (χ4v) is 1.63. The van der Waals surface area contributed by atoms with Crippen molar-refractivity contribution in [3.05, 3.63) is 23.8 Å². The van der Waals surface area contributed by atoms with Crippen molar-refractivity contribution in [3.63, 3.8) is 0 Å². The highest BCUT2D eigenvalue weighted by molar-refractivity contribution is 14.1. The minimum Gasteiger partial charge on any atom is -0.497 e. The number of benzene rings is 1. The first kappa shape index (κ1) is 12.6. The Bertz CT molecular complexity index is 317. The Labute approximate surface area is 105 Å². The molecule has 1 aromatic rings. The fourth-order valence-electron chi connectivity index (χ4n) is 1.41. The van der Waals surface area contributed by atoms with Gasteiger partial charge in [0, 0.05) is 28.9 Å². The molecule has 0 saturated carbocycles. The molecule has 0 bridgehead atoms. The summed E-state index contributed by atoms with van der Waals surface area (Å²) in [5, 5.41) is 0. The van der Waals surface area contributed by atoms with Gasteiger partial charge in [-0.25, -0.2) is 0 Å². The average molecular weight is 321 g/mol. The first-order valence-corrected chi connectivity index (χ1v) is 5.86. The van der Waals surface area contributed by atoms with Gasteiger partial charge in [0.25, 0.3) is 0 Å². The Hall–Kier alpha value is -0.490. The number of rotatable bonds is 5. The van der Waals surface area contributed by atoms with Gasteiger partial charge in [0.15, 0.2) is 0 Å². The van der Waals surface area contributed by atoms with E-state index < -0.39 is 0 Å². The molecule has 0 saturated heterocycles. The molecule has 0 aliphatic heterocycles. The molecule has 0 aliphatic rings. The summed E-state index contributed by atoms with van der Waals surface area (Å²) in [4.78, 5) is 0. The zero-order valence-corrected chi connectivity index (χ0v) is 11.4. The molecule has 3 nitrogen and oxygen atoms in total. The second-order valence-electron chi connectivity index (χ2n) is 3.39. The van der Waals surface area contributed by atoms with Gasteiger partial charge in [-0.2, -0.15) is 0 Å². The lowest BCUT2D eigenvalue weighted by molar-refractivity contribution is 0.397. The summed E-state index contributed by atoms with van der Waals surface area (Å²) < 4.78 is 13.7. The first-order chi connectivity index (χ1) is 7.21. The van der Waals surface area contributed by atoms with Gasteiger partial charge >= 0.3 is 0 Å². The van der Waals surface area contributed by atoms with Crippen LogP contribution in [0.25, 0.3) is 0 Å². The molecule has 0 heterocycles. The van der Waals surface area contributed by atoms with E-state index in [1.54, 1.807) is 14.2 Å². The van der Waals surface area contributed by atoms with Crippen LogP contribution >= 0.6 is 22.9 Å². The number of nitrogens with one attached hydrogen (secondary N) is 1. The average Bonchev–Trinajstić information content (AvgIpc) is 2.28. The van der Waals surface area contributed by atoms with E-state index in [1.807, 2.05) is 18.2 Å². The molecule has 1 atom stereocenters. The van der Waals surface area contributed by atoms with Crippen LogP contribution in [0.2, 0.25) is 0 Å². The third kappa shape index (κ3) is 3.53. The predicted octanol–water partition coefficient (Wildman–Crippen LogP) is 2.57. The van der Waals surface area contributed by atoms with Crippen molar-refractivity contribution >= 4 is 22.9 Å². The van der Waals surface area contributed by atoms with Crippen molar-refractivity contribution in [2.45, 2.75) is 19.4 Å². The van der Waals surface area contributed by atoms with Crippen LogP contribution in [0.15, 0.2) is 18.2 Å². The number of hydrogen-bond acceptors (Lipinski definition) is 3. The van der Waals surface area contributed by atoms with Crippen molar-refractivity contribution in [1.82, 2.24) is 3.53 Å². The van der Waals surface area contributed by atoms with Crippen molar-refractivity contribution in [1.29, 1.82) is 0 Å². The van der Waals surface area contributed by atoms with Gasteiger partial charge in [-0.15, -0.1) is 0 Å². The van der Waals surface area contributed by atoms with Crippen LogP contribution in [0, 0.1) is 0 Å². The molecule has 0 aromatic heterocycles. The third-order valence-corrected chi connectivity index (χ3v) is 3.26. The highest BCUT2D eigenvalue weighted by Crippen LogP contribution is 2.25. The molecule has 0 fully saturated rings. The van der Waals surface area contributed by atoms with Crippen LogP contribution in [-0.2, 0) is 6.42 Å². The molecule has 15 heavy (non-hydrogen) atoms. The molecule has 0 aliphatic carbocycles. The van der Waals surface area contributed by atoms with E-state index in [2.05, 4.69) is 33.3 Å². The summed E-state index contributed by atoms with van der Waals surface area (Å²) >= 11 is 2.16. The summed E-state index contributed by atoms with van der Waals surface area (Å²) in [5.74, 6) is 1.78. The van der Waals surface area contributed by atoms with Gasteiger partial charge < -0.3 is 9.47 Å². The number of methoxy groups -OCH3 is 2. The number of ether oxygens (including phenoxy) is 2. The lowest BCUT2D eigenvalue weighted by Gasteiger charge is -2.13. The molecule has 0 amide bonds. The zero-order chi connectivity index (χ0) is 11.3. The quantitative estimate of drug-likeness (QED) is 0.668. The summed E-state index contributed by atoms with van der Waals surface area (Å²) in [7, 11) is 3.36. The maximum Gasteiger partial charge on any atom is 0.122 e. The molecule has 4 heteroatoms. The van der Waals surface area contributed by atoms with E-state index in [0.29, 0.717) is 6.04 Å². The topological polar surface area (TPSA) is 30.5 Å². The molecule has 1 aromatic carbocycles. The zero-order valence-electron chi connectivity index (χ0n) is 9.21. The fraction of sp³-hybridized carbons (Fsp3) is 0.455. The second-order valence-corrected chi connectivity index (χ2v) is 4.01. The van der Waals surface area contributed by atoms with Gasteiger partial charge in [-0.3, -0.25) is 3.53 Å². The monoisotopic (exact) mass is 321 g/mol. The van der Waals surface area contributed by atoms with Crippen LogP contribution in [0.1, 0.15) is 12.5 Å². The van der Waals surface area contributed by atoms with Crippen molar-refractivity contribution < 1.29 is 9.47 Å². The maximum atomic E-state index is 5.30. The molecule has 0 radical (unpaired) electrons. The van der Waals surface area contributed by atoms with E-state index in [-0.39, 0.29) is 0 Å². The van der Waals surface area contributed by atoms with Crippen molar-refractivity contribution in [2.75, 3.05) is 14.2 Å². The normalized spacial score (nSPS) is 12.3. The Morgan fingerprint density at radius 3 is 2.60 bits per heavy atom. The molecular weight excluding hydrogens is 305 g/mol. The summed E-state index contributed by atoms with van der Waals surface area (Å²) in [6, 6.07) is 6.27. The summed E-state index contributed by atoms with van der Waals surface area (Å²) in [6.45, 7) is 2.13. The van der Waals surface area contributed by atoms with Crippen molar-refractivity contribution in [2.24, 2.45) is 0 Å². The number of halogens is 1. The maximum absolute atomic E-state index is 5.30. The highest BCUT2D eigenvalue weighted by atomic mass is 127. The predicted molar refractivity (Wildman–Crippen MR) is 69.9 cm³/mol.